The molecule has 0 aromatic carbocycles. The first-order valence-corrected chi connectivity index (χ1v) is 8.87. The largest absolute Gasteiger partial charge is 0.464 e. The van der Waals surface area contributed by atoms with Crippen LogP contribution in [0.1, 0.15) is 45.3 Å². The number of anilines is 1. The number of esters is 1. The number of carbonyl (C=O) groups is 1. The SMILES string of the molecule is CCOC(=O)[C@@H](O)c1c(Cl)ncc(Br)c1N1CCC(C)(C)CC1. The van der Waals surface area contributed by atoms with E-state index in [0.717, 1.165) is 31.6 Å². The molecule has 1 aromatic rings. The summed E-state index contributed by atoms with van der Waals surface area (Å²) in [5.74, 6) is -0.715. The standard InChI is InChI=1S/C16H22BrClN2O3/c1-4-23-15(22)13(21)11-12(10(17)9-19-14(11)18)20-7-5-16(2,3)6-8-20/h9,13,21H,4-8H2,1-3H3/t13-/m0/s1. The van der Waals surface area contributed by atoms with Crippen LogP contribution in [0, 0.1) is 5.41 Å². The van der Waals surface area contributed by atoms with Crippen molar-refractivity contribution in [3.8, 4) is 0 Å². The van der Waals surface area contributed by atoms with Gasteiger partial charge in [-0.05, 0) is 41.1 Å². The molecule has 0 amide bonds. The highest BCUT2D eigenvalue weighted by Crippen LogP contribution is 2.41. The molecule has 0 saturated carbocycles. The van der Waals surface area contributed by atoms with Crippen molar-refractivity contribution in [2.24, 2.45) is 5.41 Å². The summed E-state index contributed by atoms with van der Waals surface area (Å²) in [7, 11) is 0. The molecule has 5 nitrogen and oxygen atoms in total. The van der Waals surface area contributed by atoms with Crippen molar-refractivity contribution in [1.82, 2.24) is 4.98 Å². The highest BCUT2D eigenvalue weighted by molar-refractivity contribution is 9.10. The zero-order chi connectivity index (χ0) is 17.2. The monoisotopic (exact) mass is 404 g/mol. The maximum absolute atomic E-state index is 12.0. The Hall–Kier alpha value is -0.850. The Morgan fingerprint density at radius 1 is 1.52 bits per heavy atom. The Bertz CT molecular complexity index is 585. The summed E-state index contributed by atoms with van der Waals surface area (Å²) < 4.78 is 5.63. The minimum atomic E-state index is -1.45. The molecule has 1 aliphatic heterocycles. The molecule has 1 saturated heterocycles. The molecule has 1 N–H and O–H groups in total. The molecule has 7 heteroatoms. The van der Waals surface area contributed by atoms with Crippen molar-refractivity contribution in [3.63, 3.8) is 0 Å². The van der Waals surface area contributed by atoms with Gasteiger partial charge in [0.25, 0.3) is 0 Å². The summed E-state index contributed by atoms with van der Waals surface area (Å²) in [6.45, 7) is 8.03. The van der Waals surface area contributed by atoms with E-state index < -0.39 is 12.1 Å². The minimum absolute atomic E-state index is 0.119. The lowest BCUT2D eigenvalue weighted by Gasteiger charge is -2.39. The fraction of sp³-hybridized carbons (Fsp3) is 0.625. The molecule has 1 atom stereocenters. The van der Waals surface area contributed by atoms with E-state index in [1.165, 1.54) is 0 Å². The smallest absolute Gasteiger partial charge is 0.339 e. The van der Waals surface area contributed by atoms with E-state index >= 15 is 0 Å². The normalized spacial score (nSPS) is 18.6. The van der Waals surface area contributed by atoms with E-state index in [-0.39, 0.29) is 11.8 Å². The number of rotatable bonds is 4. The molecule has 128 valence electrons. The minimum Gasteiger partial charge on any atom is -0.464 e. The van der Waals surface area contributed by atoms with Crippen LogP contribution in [-0.2, 0) is 9.53 Å². The summed E-state index contributed by atoms with van der Waals surface area (Å²) >= 11 is 9.67. The molecule has 1 fully saturated rings. The van der Waals surface area contributed by atoms with Crippen LogP contribution < -0.4 is 4.90 Å². The van der Waals surface area contributed by atoms with Gasteiger partial charge in [0, 0.05) is 19.3 Å². The average Bonchev–Trinajstić information content (AvgIpc) is 2.49. The second-order valence-electron chi connectivity index (χ2n) is 6.47. The number of aromatic nitrogens is 1. The zero-order valence-electron chi connectivity index (χ0n) is 13.6. The van der Waals surface area contributed by atoms with Crippen LogP contribution in [0.25, 0.3) is 0 Å². The quantitative estimate of drug-likeness (QED) is 0.611. The molecule has 0 aliphatic carbocycles. The van der Waals surface area contributed by atoms with Gasteiger partial charge in [0.15, 0.2) is 6.10 Å². The van der Waals surface area contributed by atoms with Crippen LogP contribution in [0.3, 0.4) is 0 Å². The fourth-order valence-electron chi connectivity index (χ4n) is 2.71. The third kappa shape index (κ3) is 4.17. The molecule has 0 bridgehead atoms. The predicted molar refractivity (Wildman–Crippen MR) is 93.8 cm³/mol. The van der Waals surface area contributed by atoms with Crippen LogP contribution >= 0.6 is 27.5 Å². The maximum atomic E-state index is 12.0. The predicted octanol–water partition coefficient (Wildman–Crippen LogP) is 3.72. The summed E-state index contributed by atoms with van der Waals surface area (Å²) in [4.78, 5) is 18.1. The van der Waals surface area contributed by atoms with Crippen LogP contribution in [0.15, 0.2) is 10.7 Å². The molecular formula is C16H22BrClN2O3. The number of hydrogen-bond acceptors (Lipinski definition) is 5. The highest BCUT2D eigenvalue weighted by Gasteiger charge is 2.32. The Labute approximate surface area is 150 Å². The molecular weight excluding hydrogens is 384 g/mol. The third-order valence-corrected chi connectivity index (χ3v) is 5.09. The van der Waals surface area contributed by atoms with Crippen molar-refractivity contribution in [2.75, 3.05) is 24.6 Å². The maximum Gasteiger partial charge on any atom is 0.339 e. The molecule has 23 heavy (non-hydrogen) atoms. The van der Waals surface area contributed by atoms with E-state index in [2.05, 4.69) is 39.7 Å². The van der Waals surface area contributed by atoms with E-state index in [1.807, 2.05) is 0 Å². The number of aliphatic hydroxyl groups excluding tert-OH is 1. The van der Waals surface area contributed by atoms with Crippen molar-refractivity contribution in [1.29, 1.82) is 0 Å². The summed E-state index contributed by atoms with van der Waals surface area (Å²) in [5, 5.41) is 10.5. The second kappa shape index (κ2) is 7.36. The van der Waals surface area contributed by atoms with E-state index in [1.54, 1.807) is 13.1 Å². The number of carbonyl (C=O) groups excluding carboxylic acids is 1. The number of hydrogen-bond donors (Lipinski definition) is 1. The topological polar surface area (TPSA) is 62.7 Å². The third-order valence-electron chi connectivity index (χ3n) is 4.21. The molecule has 2 rings (SSSR count). The Morgan fingerprint density at radius 3 is 2.70 bits per heavy atom. The number of aliphatic hydroxyl groups is 1. The molecule has 0 spiro atoms. The van der Waals surface area contributed by atoms with Crippen molar-refractivity contribution in [2.45, 2.75) is 39.7 Å². The average molecular weight is 406 g/mol. The lowest BCUT2D eigenvalue weighted by Crippen LogP contribution is -2.38. The Morgan fingerprint density at radius 2 is 2.13 bits per heavy atom. The molecule has 1 aliphatic rings. The first kappa shape index (κ1) is 18.5. The zero-order valence-corrected chi connectivity index (χ0v) is 15.9. The first-order chi connectivity index (χ1) is 10.8. The van der Waals surface area contributed by atoms with Crippen LogP contribution in [-0.4, -0.2) is 35.8 Å². The van der Waals surface area contributed by atoms with E-state index in [9.17, 15) is 9.90 Å². The van der Waals surface area contributed by atoms with Gasteiger partial charge in [-0.15, -0.1) is 0 Å². The van der Waals surface area contributed by atoms with Gasteiger partial charge in [-0.1, -0.05) is 25.4 Å². The molecule has 0 radical (unpaired) electrons. The van der Waals surface area contributed by atoms with E-state index in [4.69, 9.17) is 16.3 Å². The molecule has 1 aromatic heterocycles. The van der Waals surface area contributed by atoms with Gasteiger partial charge in [-0.2, -0.15) is 0 Å². The van der Waals surface area contributed by atoms with Crippen LogP contribution in [0.5, 0.6) is 0 Å². The summed E-state index contributed by atoms with van der Waals surface area (Å²) in [5.41, 5.74) is 1.32. The fourth-order valence-corrected chi connectivity index (χ4v) is 3.52. The lowest BCUT2D eigenvalue weighted by atomic mass is 9.82. The van der Waals surface area contributed by atoms with Crippen molar-refractivity contribution < 1.29 is 14.6 Å². The van der Waals surface area contributed by atoms with Gasteiger partial charge < -0.3 is 14.7 Å². The number of halogens is 2. The van der Waals surface area contributed by atoms with Crippen molar-refractivity contribution in [3.05, 3.63) is 21.4 Å². The number of piperidine rings is 1. The van der Waals surface area contributed by atoms with Crippen LogP contribution in [0.2, 0.25) is 5.15 Å². The highest BCUT2D eigenvalue weighted by atomic mass is 79.9. The summed E-state index contributed by atoms with van der Waals surface area (Å²) in [6, 6.07) is 0. The van der Waals surface area contributed by atoms with Crippen molar-refractivity contribution >= 4 is 39.2 Å². The summed E-state index contributed by atoms with van der Waals surface area (Å²) in [6.07, 6.45) is 2.19. The number of nitrogens with zero attached hydrogens (tertiary/aromatic N) is 2. The van der Waals surface area contributed by atoms with Gasteiger partial charge in [0.2, 0.25) is 0 Å². The first-order valence-electron chi connectivity index (χ1n) is 7.70. The molecule has 2 heterocycles. The number of pyridine rings is 1. The van der Waals surface area contributed by atoms with Gasteiger partial charge in [-0.25, -0.2) is 9.78 Å². The van der Waals surface area contributed by atoms with E-state index in [0.29, 0.717) is 15.5 Å². The van der Waals surface area contributed by atoms with Gasteiger partial charge in [0.1, 0.15) is 5.15 Å². The Balaban J connectivity index is 2.39. The molecule has 0 unspecified atom stereocenters. The van der Waals surface area contributed by atoms with Gasteiger partial charge >= 0.3 is 5.97 Å². The van der Waals surface area contributed by atoms with Gasteiger partial charge in [0.05, 0.1) is 22.3 Å². The Kier molecular flexibility index (Phi) is 5.92. The van der Waals surface area contributed by atoms with Crippen LogP contribution in [0.4, 0.5) is 5.69 Å². The van der Waals surface area contributed by atoms with Gasteiger partial charge in [-0.3, -0.25) is 0 Å². The number of ether oxygens (including phenoxy) is 1. The second-order valence-corrected chi connectivity index (χ2v) is 7.68. The lowest BCUT2D eigenvalue weighted by molar-refractivity contribution is -0.153.